The first-order chi connectivity index (χ1) is 7.60. The van der Waals surface area contributed by atoms with Gasteiger partial charge in [0.2, 0.25) is 0 Å². The highest BCUT2D eigenvalue weighted by Crippen LogP contribution is 2.46. The first-order valence-corrected chi connectivity index (χ1v) is 5.90. The van der Waals surface area contributed by atoms with Crippen LogP contribution < -0.4 is 0 Å². The molecule has 2 saturated heterocycles. The summed E-state index contributed by atoms with van der Waals surface area (Å²) in [5, 5.41) is 10.4. The average Bonchev–Trinajstić information content (AvgIpc) is 2.37. The molecule has 0 aromatic heterocycles. The summed E-state index contributed by atoms with van der Waals surface area (Å²) in [5.74, 6) is -2.38. The lowest BCUT2D eigenvalue weighted by molar-refractivity contribution is -0.318. The van der Waals surface area contributed by atoms with Crippen molar-refractivity contribution in [2.75, 3.05) is 0 Å². The molecule has 106 valence electrons. The second-order valence-electron chi connectivity index (χ2n) is 5.50. The van der Waals surface area contributed by atoms with E-state index in [2.05, 4.69) is 0 Å². The Morgan fingerprint density at radius 2 is 1.78 bits per heavy atom. The van der Waals surface area contributed by atoms with Gasteiger partial charge in [-0.15, -0.1) is 0 Å². The molecule has 2 heterocycles. The van der Waals surface area contributed by atoms with Gasteiger partial charge in [0.1, 0.15) is 17.8 Å². The van der Waals surface area contributed by atoms with E-state index >= 15 is 0 Å². The first kappa shape index (κ1) is 15.5. The van der Waals surface area contributed by atoms with Crippen molar-refractivity contribution in [1.82, 2.24) is 0 Å². The lowest BCUT2D eigenvalue weighted by atomic mass is 9.89. The van der Waals surface area contributed by atoms with Crippen LogP contribution in [0.15, 0.2) is 0 Å². The zero-order valence-electron chi connectivity index (χ0n) is 11.4. The minimum Gasteiger partial charge on any atom is -0.412 e. The Kier molecular flexibility index (Phi) is 3.66. The molecule has 2 fully saturated rings. The number of Topliss-reactive ketones (excluding diaryl/α,β-unsaturated/α-hetero) is 1. The average molecular weight is 262 g/mol. The van der Waals surface area contributed by atoms with Crippen LogP contribution in [0.25, 0.3) is 0 Å². The van der Waals surface area contributed by atoms with E-state index in [1.807, 2.05) is 6.92 Å². The minimum absolute atomic E-state index is 0. The summed E-state index contributed by atoms with van der Waals surface area (Å²) in [6.45, 7) is 8.40. The molecule has 5 unspecified atom stereocenters. The van der Waals surface area contributed by atoms with Gasteiger partial charge in [0, 0.05) is 6.42 Å². The van der Waals surface area contributed by atoms with Gasteiger partial charge in [-0.05, 0) is 34.6 Å². The van der Waals surface area contributed by atoms with E-state index in [-0.39, 0.29) is 23.8 Å². The molecule has 0 spiro atoms. The van der Waals surface area contributed by atoms with Gasteiger partial charge in [-0.3, -0.25) is 4.79 Å². The SMILES string of the molecule is CC1OC2(C)OC(C)(OC2C)C(C)(O)CC1=O.O. The number of carbonyl (C=O) groups excluding carboxylic acids is 1. The summed E-state index contributed by atoms with van der Waals surface area (Å²) in [5.41, 5.74) is -1.37. The molecule has 2 bridgehead atoms. The fourth-order valence-electron chi connectivity index (χ4n) is 2.36. The lowest BCUT2D eigenvalue weighted by Crippen LogP contribution is -2.56. The molecule has 3 N–H and O–H groups in total. The summed E-state index contributed by atoms with van der Waals surface area (Å²) >= 11 is 0. The molecule has 2 rings (SSSR count). The Labute approximate surface area is 107 Å². The number of hydrogen-bond donors (Lipinski definition) is 1. The number of aliphatic hydroxyl groups is 1. The van der Waals surface area contributed by atoms with E-state index in [1.54, 1.807) is 27.7 Å². The monoisotopic (exact) mass is 262 g/mol. The van der Waals surface area contributed by atoms with Crippen molar-refractivity contribution in [3.8, 4) is 0 Å². The topological polar surface area (TPSA) is 96.5 Å². The summed E-state index contributed by atoms with van der Waals surface area (Å²) in [4.78, 5) is 11.9. The van der Waals surface area contributed by atoms with Gasteiger partial charge < -0.3 is 24.8 Å². The predicted molar refractivity (Wildman–Crippen MR) is 62.9 cm³/mol. The van der Waals surface area contributed by atoms with Crippen molar-refractivity contribution in [1.29, 1.82) is 0 Å². The predicted octanol–water partition coefficient (Wildman–Crippen LogP) is 0.158. The van der Waals surface area contributed by atoms with E-state index in [0.29, 0.717) is 0 Å². The molecule has 0 amide bonds. The number of hydrogen-bond acceptors (Lipinski definition) is 5. The van der Waals surface area contributed by atoms with E-state index in [4.69, 9.17) is 14.2 Å². The van der Waals surface area contributed by atoms with Crippen molar-refractivity contribution < 1.29 is 29.6 Å². The molecular weight excluding hydrogens is 240 g/mol. The van der Waals surface area contributed by atoms with Crippen LogP contribution in [0.3, 0.4) is 0 Å². The molecule has 0 saturated carbocycles. The standard InChI is InChI=1S/C12H20O5.H2O/c1-7-9(13)6-10(3,14)12(5)16-8(2)11(4,15-7)17-12;/h7-8,14H,6H2,1-5H3;1H2. The first-order valence-electron chi connectivity index (χ1n) is 5.90. The van der Waals surface area contributed by atoms with Crippen LogP contribution in [-0.4, -0.2) is 45.7 Å². The molecule has 5 atom stereocenters. The van der Waals surface area contributed by atoms with Gasteiger partial charge in [-0.1, -0.05) is 0 Å². The van der Waals surface area contributed by atoms with Gasteiger partial charge in [0.25, 0.3) is 0 Å². The molecule has 2 aliphatic rings. The molecule has 18 heavy (non-hydrogen) atoms. The summed E-state index contributed by atoms with van der Waals surface area (Å²) in [6.07, 6.45) is -1.01. The zero-order valence-corrected chi connectivity index (χ0v) is 11.4. The zero-order chi connectivity index (χ0) is 13.1. The number of carbonyl (C=O) groups is 1. The minimum atomic E-state index is -1.37. The van der Waals surface area contributed by atoms with Gasteiger partial charge in [-0.25, -0.2) is 0 Å². The van der Waals surface area contributed by atoms with Crippen LogP contribution in [0, 0.1) is 0 Å². The number of fused-ring (bicyclic) bond motifs is 2. The van der Waals surface area contributed by atoms with Crippen molar-refractivity contribution in [3.63, 3.8) is 0 Å². The number of ether oxygens (including phenoxy) is 3. The van der Waals surface area contributed by atoms with Gasteiger partial charge in [0.15, 0.2) is 17.4 Å². The maximum absolute atomic E-state index is 11.9. The van der Waals surface area contributed by atoms with Crippen LogP contribution in [0.2, 0.25) is 0 Å². The van der Waals surface area contributed by atoms with Crippen molar-refractivity contribution >= 4 is 5.78 Å². The highest BCUT2D eigenvalue weighted by Gasteiger charge is 2.62. The Morgan fingerprint density at radius 1 is 1.22 bits per heavy atom. The maximum Gasteiger partial charge on any atom is 0.198 e. The van der Waals surface area contributed by atoms with Crippen LogP contribution >= 0.6 is 0 Å². The third-order valence-corrected chi connectivity index (χ3v) is 3.90. The smallest absolute Gasteiger partial charge is 0.198 e. The van der Waals surface area contributed by atoms with E-state index in [9.17, 15) is 9.90 Å². The third-order valence-electron chi connectivity index (χ3n) is 3.90. The van der Waals surface area contributed by atoms with E-state index in [1.165, 1.54) is 0 Å². The second kappa shape index (κ2) is 4.25. The van der Waals surface area contributed by atoms with Crippen molar-refractivity contribution in [2.45, 2.75) is 70.4 Å². The molecule has 2 aliphatic heterocycles. The Hall–Kier alpha value is -0.530. The Balaban J connectivity index is 0.00000162. The van der Waals surface area contributed by atoms with Crippen molar-refractivity contribution in [3.05, 3.63) is 0 Å². The van der Waals surface area contributed by atoms with E-state index < -0.39 is 23.3 Å². The quantitative estimate of drug-likeness (QED) is 0.670. The molecule has 0 aliphatic carbocycles. The maximum atomic E-state index is 11.9. The Bertz CT molecular complexity index is 354. The summed E-state index contributed by atoms with van der Waals surface area (Å²) in [7, 11) is 0. The third kappa shape index (κ3) is 2.08. The molecular formula is C12H22O6. The molecule has 6 nitrogen and oxygen atoms in total. The molecule has 0 aromatic carbocycles. The second-order valence-corrected chi connectivity index (χ2v) is 5.50. The van der Waals surface area contributed by atoms with Crippen LogP contribution in [0.4, 0.5) is 0 Å². The number of ketones is 1. The van der Waals surface area contributed by atoms with Crippen LogP contribution in [0.5, 0.6) is 0 Å². The number of rotatable bonds is 0. The fourth-order valence-corrected chi connectivity index (χ4v) is 2.36. The van der Waals surface area contributed by atoms with Crippen LogP contribution in [-0.2, 0) is 19.0 Å². The normalized spacial score (nSPS) is 52.4. The highest BCUT2D eigenvalue weighted by molar-refractivity contribution is 5.83. The lowest BCUT2D eigenvalue weighted by Gasteiger charge is -2.41. The molecule has 0 aromatic rings. The Morgan fingerprint density at radius 3 is 2.33 bits per heavy atom. The van der Waals surface area contributed by atoms with Crippen molar-refractivity contribution in [2.24, 2.45) is 0 Å². The van der Waals surface area contributed by atoms with Gasteiger partial charge in [0.05, 0.1) is 0 Å². The molecule has 6 heteroatoms. The highest BCUT2D eigenvalue weighted by atomic mass is 16.8. The largest absolute Gasteiger partial charge is 0.412 e. The molecule has 0 radical (unpaired) electrons. The summed E-state index contributed by atoms with van der Waals surface area (Å²) < 4.78 is 17.1. The van der Waals surface area contributed by atoms with Gasteiger partial charge in [-0.2, -0.15) is 0 Å². The van der Waals surface area contributed by atoms with Gasteiger partial charge >= 0.3 is 0 Å². The van der Waals surface area contributed by atoms with Crippen LogP contribution in [0.1, 0.15) is 41.0 Å². The van der Waals surface area contributed by atoms with E-state index in [0.717, 1.165) is 0 Å². The fraction of sp³-hybridized carbons (Fsp3) is 0.917. The summed E-state index contributed by atoms with van der Waals surface area (Å²) in [6, 6.07) is 0.